The van der Waals surface area contributed by atoms with Crippen LogP contribution in [0.5, 0.6) is 0 Å². The molecule has 100 valence electrons. The number of benzene rings is 2. The van der Waals surface area contributed by atoms with Crippen LogP contribution in [-0.4, -0.2) is 0 Å². The normalized spacial score (nSPS) is 17.1. The second-order valence-electron chi connectivity index (χ2n) is 6.16. The Morgan fingerprint density at radius 2 is 1.63 bits per heavy atom. The molecule has 0 heterocycles. The van der Waals surface area contributed by atoms with Gasteiger partial charge in [0.15, 0.2) is 0 Å². The van der Waals surface area contributed by atoms with E-state index in [0.717, 1.165) is 0 Å². The fraction of sp³-hybridized carbons (Fsp3) is 0.444. The van der Waals surface area contributed by atoms with Gasteiger partial charge in [-0.1, -0.05) is 51.1 Å². The van der Waals surface area contributed by atoms with Gasteiger partial charge in [0.1, 0.15) is 0 Å². The summed E-state index contributed by atoms with van der Waals surface area (Å²) >= 11 is 6.76. The summed E-state index contributed by atoms with van der Waals surface area (Å²) < 4.78 is 0. The number of rotatable bonds is 3. The molecule has 0 bridgehead atoms. The van der Waals surface area contributed by atoms with E-state index >= 15 is 0 Å². The number of hydrogen-bond acceptors (Lipinski definition) is 0. The van der Waals surface area contributed by atoms with Crippen LogP contribution in [0.15, 0.2) is 30.3 Å². The Morgan fingerprint density at radius 3 is 2.32 bits per heavy atom. The lowest BCUT2D eigenvalue weighted by Gasteiger charge is -2.23. The van der Waals surface area contributed by atoms with Crippen LogP contribution in [0, 0.1) is 11.8 Å². The fourth-order valence-corrected chi connectivity index (χ4v) is 3.61. The molecule has 0 N–H and O–H groups in total. The molecule has 0 spiro atoms. The molecule has 2 atom stereocenters. The Balaban J connectivity index is 2.16. The topological polar surface area (TPSA) is 0 Å². The Bertz CT molecular complexity index is 602. The van der Waals surface area contributed by atoms with E-state index in [9.17, 15) is 0 Å². The first-order chi connectivity index (χ1) is 9.09. The third-order valence-electron chi connectivity index (χ3n) is 4.72. The van der Waals surface area contributed by atoms with Crippen LogP contribution < -0.4 is 0 Å². The van der Waals surface area contributed by atoms with Crippen molar-refractivity contribution in [3.05, 3.63) is 47.0 Å². The average molecular weight is 273 g/mol. The molecule has 0 aliphatic heterocycles. The smallest absolute Gasteiger partial charge is 0.0619 e. The van der Waals surface area contributed by atoms with Crippen molar-refractivity contribution < 1.29 is 0 Å². The highest BCUT2D eigenvalue weighted by molar-refractivity contribution is 6.22. The predicted octanol–water partition coefficient (Wildman–Crippen LogP) is 5.51. The van der Waals surface area contributed by atoms with Crippen molar-refractivity contribution in [1.29, 1.82) is 0 Å². The van der Waals surface area contributed by atoms with Crippen LogP contribution in [0.25, 0.3) is 10.8 Å². The molecule has 0 nitrogen and oxygen atoms in total. The minimum Gasteiger partial charge on any atom is -0.117 e. The van der Waals surface area contributed by atoms with Crippen LogP contribution >= 0.6 is 11.6 Å². The number of halogens is 1. The summed E-state index contributed by atoms with van der Waals surface area (Å²) in [5.41, 5.74) is 4.30. The van der Waals surface area contributed by atoms with Crippen LogP contribution in [0.1, 0.15) is 42.8 Å². The number of hydrogen-bond donors (Lipinski definition) is 0. The number of aryl methyl sites for hydroxylation is 2. The summed E-state index contributed by atoms with van der Waals surface area (Å²) in [6, 6.07) is 11.2. The molecule has 2 unspecified atom stereocenters. The first kappa shape index (κ1) is 13.0. The average Bonchev–Trinajstić information content (AvgIpc) is 2.83. The largest absolute Gasteiger partial charge is 0.117 e. The summed E-state index contributed by atoms with van der Waals surface area (Å²) in [6.45, 7) is 6.76. The highest BCUT2D eigenvalue weighted by Crippen LogP contribution is 2.40. The van der Waals surface area contributed by atoms with Gasteiger partial charge < -0.3 is 0 Å². The first-order valence-corrected chi connectivity index (χ1v) is 7.70. The van der Waals surface area contributed by atoms with E-state index in [1.54, 1.807) is 0 Å². The van der Waals surface area contributed by atoms with Gasteiger partial charge in [0.2, 0.25) is 0 Å². The zero-order valence-electron chi connectivity index (χ0n) is 11.9. The van der Waals surface area contributed by atoms with Crippen molar-refractivity contribution in [2.75, 3.05) is 0 Å². The summed E-state index contributed by atoms with van der Waals surface area (Å²) in [6.07, 6.45) is 2.37. The highest BCUT2D eigenvalue weighted by atomic mass is 35.5. The second kappa shape index (κ2) is 4.83. The third kappa shape index (κ3) is 2.07. The highest BCUT2D eigenvalue weighted by Gasteiger charge is 2.23. The molecule has 0 radical (unpaired) electrons. The quantitative estimate of drug-likeness (QED) is 0.646. The molecule has 0 aromatic heterocycles. The second-order valence-corrected chi connectivity index (χ2v) is 6.63. The third-order valence-corrected chi connectivity index (χ3v) is 5.35. The van der Waals surface area contributed by atoms with Gasteiger partial charge in [-0.25, -0.2) is 0 Å². The van der Waals surface area contributed by atoms with Gasteiger partial charge in [-0.2, -0.15) is 0 Å². The maximum Gasteiger partial charge on any atom is 0.0619 e. The summed E-state index contributed by atoms with van der Waals surface area (Å²) in [7, 11) is 0. The molecule has 0 saturated heterocycles. The van der Waals surface area contributed by atoms with E-state index in [1.807, 2.05) is 0 Å². The van der Waals surface area contributed by atoms with Crippen molar-refractivity contribution >= 4 is 22.4 Å². The SMILES string of the molecule is CC(C)C(C)C(Cl)c1ccc2c3c(cccc13)CC2. The van der Waals surface area contributed by atoms with Gasteiger partial charge in [0.05, 0.1) is 5.38 Å². The van der Waals surface area contributed by atoms with Crippen molar-refractivity contribution in [3.8, 4) is 0 Å². The first-order valence-electron chi connectivity index (χ1n) is 7.27. The zero-order chi connectivity index (χ0) is 13.6. The predicted molar refractivity (Wildman–Crippen MR) is 84.0 cm³/mol. The lowest BCUT2D eigenvalue weighted by molar-refractivity contribution is 0.407. The molecule has 2 aromatic carbocycles. The molecule has 0 fully saturated rings. The monoisotopic (exact) mass is 272 g/mol. The number of alkyl halides is 1. The maximum absolute atomic E-state index is 6.76. The maximum atomic E-state index is 6.76. The van der Waals surface area contributed by atoms with Gasteiger partial charge in [0.25, 0.3) is 0 Å². The van der Waals surface area contributed by atoms with E-state index < -0.39 is 0 Å². The molecule has 1 aliphatic carbocycles. The summed E-state index contributed by atoms with van der Waals surface area (Å²) in [5, 5.41) is 2.95. The van der Waals surface area contributed by atoms with Crippen LogP contribution in [0.3, 0.4) is 0 Å². The minimum atomic E-state index is 0.102. The molecular weight excluding hydrogens is 252 g/mol. The Kier molecular flexibility index (Phi) is 3.30. The van der Waals surface area contributed by atoms with Gasteiger partial charge >= 0.3 is 0 Å². The molecule has 1 heteroatoms. The fourth-order valence-electron chi connectivity index (χ4n) is 3.13. The lowest BCUT2D eigenvalue weighted by atomic mass is 9.87. The molecule has 1 aliphatic rings. The van der Waals surface area contributed by atoms with E-state index in [0.29, 0.717) is 11.8 Å². The Labute approximate surface area is 120 Å². The molecule has 2 aromatic rings. The van der Waals surface area contributed by atoms with E-state index in [-0.39, 0.29) is 5.38 Å². The van der Waals surface area contributed by atoms with Crippen molar-refractivity contribution in [3.63, 3.8) is 0 Å². The van der Waals surface area contributed by atoms with Gasteiger partial charge in [-0.3, -0.25) is 0 Å². The zero-order valence-corrected chi connectivity index (χ0v) is 12.7. The van der Waals surface area contributed by atoms with E-state index in [4.69, 9.17) is 11.6 Å². The van der Waals surface area contributed by atoms with Crippen molar-refractivity contribution in [2.24, 2.45) is 11.8 Å². The van der Waals surface area contributed by atoms with Gasteiger partial charge in [-0.15, -0.1) is 11.6 Å². The van der Waals surface area contributed by atoms with Gasteiger partial charge in [0, 0.05) is 0 Å². The lowest BCUT2D eigenvalue weighted by Crippen LogP contribution is -2.11. The molecular formula is C18H21Cl. The standard InChI is InChI=1S/C18H21Cl/c1-11(2)12(3)18(19)16-10-9-14-8-7-13-5-4-6-15(16)17(13)14/h4-6,9-12,18H,7-8H2,1-3H3. The molecule has 19 heavy (non-hydrogen) atoms. The van der Waals surface area contributed by atoms with Crippen LogP contribution in [0.2, 0.25) is 0 Å². The molecule has 0 amide bonds. The van der Waals surface area contributed by atoms with Crippen LogP contribution in [-0.2, 0) is 12.8 Å². The molecule has 0 saturated carbocycles. The minimum absolute atomic E-state index is 0.102. The van der Waals surface area contributed by atoms with Gasteiger partial charge in [-0.05, 0) is 52.1 Å². The van der Waals surface area contributed by atoms with Crippen LogP contribution in [0.4, 0.5) is 0 Å². The summed E-state index contributed by atoms with van der Waals surface area (Å²) in [5.74, 6) is 1.09. The van der Waals surface area contributed by atoms with E-state index in [1.165, 1.54) is 40.3 Å². The Hall–Kier alpha value is -1.01. The van der Waals surface area contributed by atoms with Crippen molar-refractivity contribution in [2.45, 2.75) is 39.0 Å². The molecule has 3 rings (SSSR count). The Morgan fingerprint density at radius 1 is 0.947 bits per heavy atom. The summed E-state index contributed by atoms with van der Waals surface area (Å²) in [4.78, 5) is 0. The van der Waals surface area contributed by atoms with Crippen molar-refractivity contribution in [1.82, 2.24) is 0 Å². The van der Waals surface area contributed by atoms with E-state index in [2.05, 4.69) is 51.1 Å².